The van der Waals surface area contributed by atoms with Gasteiger partial charge in [0.2, 0.25) is 0 Å². The van der Waals surface area contributed by atoms with Gasteiger partial charge in [0.25, 0.3) is 0 Å². The van der Waals surface area contributed by atoms with Crippen LogP contribution in [-0.4, -0.2) is 30.1 Å². The lowest BCUT2D eigenvalue weighted by molar-refractivity contribution is 0.0824. The van der Waals surface area contributed by atoms with Crippen molar-refractivity contribution >= 4 is 0 Å². The van der Waals surface area contributed by atoms with Crippen molar-refractivity contribution in [1.29, 1.82) is 0 Å². The van der Waals surface area contributed by atoms with Crippen LogP contribution in [0.1, 0.15) is 91.9 Å². The molecule has 0 aromatic heterocycles. The van der Waals surface area contributed by atoms with Crippen molar-refractivity contribution in [2.24, 2.45) is 5.73 Å². The third kappa shape index (κ3) is 7.08. The quantitative estimate of drug-likeness (QED) is 0.456. The Labute approximate surface area is 128 Å². The summed E-state index contributed by atoms with van der Waals surface area (Å²) < 4.78 is 0. The summed E-state index contributed by atoms with van der Waals surface area (Å²) in [7, 11) is 0. The summed E-state index contributed by atoms with van der Waals surface area (Å²) in [5.74, 6) is 0. The first kappa shape index (κ1) is 19.9. The second-order valence-corrected chi connectivity index (χ2v) is 6.24. The largest absolute Gasteiger partial charge is 0.329 e. The Morgan fingerprint density at radius 3 is 1.70 bits per heavy atom. The van der Waals surface area contributed by atoms with Crippen LogP contribution in [0.2, 0.25) is 0 Å². The molecule has 20 heavy (non-hydrogen) atoms. The molecule has 0 unspecified atom stereocenters. The zero-order chi connectivity index (χ0) is 15.3. The van der Waals surface area contributed by atoms with E-state index in [1.54, 1.807) is 0 Å². The zero-order valence-corrected chi connectivity index (χ0v) is 14.7. The molecule has 2 nitrogen and oxygen atoms in total. The summed E-state index contributed by atoms with van der Waals surface area (Å²) in [5.41, 5.74) is 6.35. The van der Waals surface area contributed by atoms with Gasteiger partial charge in [0.1, 0.15) is 0 Å². The molecule has 0 fully saturated rings. The maximum atomic E-state index is 6.10. The van der Waals surface area contributed by atoms with Crippen LogP contribution in [0.5, 0.6) is 0 Å². The predicted molar refractivity (Wildman–Crippen MR) is 92.2 cm³/mol. The third-order valence-electron chi connectivity index (χ3n) is 4.89. The molecule has 122 valence electrons. The molecule has 0 aromatic rings. The number of hydrogen-bond acceptors (Lipinski definition) is 2. The molecule has 0 atom stereocenters. The van der Waals surface area contributed by atoms with Gasteiger partial charge in [0.05, 0.1) is 0 Å². The van der Waals surface area contributed by atoms with E-state index in [2.05, 4.69) is 32.6 Å². The topological polar surface area (TPSA) is 29.3 Å². The normalized spacial score (nSPS) is 12.3. The van der Waals surface area contributed by atoms with Crippen LogP contribution in [0.15, 0.2) is 0 Å². The van der Waals surface area contributed by atoms with Gasteiger partial charge in [0.15, 0.2) is 0 Å². The van der Waals surface area contributed by atoms with Crippen LogP contribution in [-0.2, 0) is 0 Å². The summed E-state index contributed by atoms with van der Waals surface area (Å²) in [6.07, 6.45) is 13.3. The van der Waals surface area contributed by atoms with Gasteiger partial charge < -0.3 is 5.73 Å². The molecule has 0 amide bonds. The number of hydrogen-bond donors (Lipinski definition) is 1. The van der Waals surface area contributed by atoms with Crippen molar-refractivity contribution in [2.45, 2.75) is 97.4 Å². The first-order chi connectivity index (χ1) is 9.70. The summed E-state index contributed by atoms with van der Waals surface area (Å²) in [4.78, 5) is 2.68. The first-order valence-electron chi connectivity index (χ1n) is 9.15. The molecule has 0 aliphatic carbocycles. The maximum Gasteiger partial charge on any atom is 0.0326 e. The fourth-order valence-electron chi connectivity index (χ4n) is 3.23. The lowest BCUT2D eigenvalue weighted by Gasteiger charge is -2.42. The predicted octanol–water partition coefficient (Wildman–Crippen LogP) is 4.97. The van der Waals surface area contributed by atoms with Crippen LogP contribution in [0.3, 0.4) is 0 Å². The minimum atomic E-state index is 0.248. The molecule has 0 aliphatic rings. The molecule has 0 saturated heterocycles. The first-order valence-corrected chi connectivity index (χ1v) is 9.15. The molecule has 0 radical (unpaired) electrons. The van der Waals surface area contributed by atoms with E-state index < -0.39 is 0 Å². The molecule has 0 aromatic carbocycles. The minimum Gasteiger partial charge on any atom is -0.329 e. The van der Waals surface area contributed by atoms with Gasteiger partial charge in [-0.25, -0.2) is 0 Å². The van der Waals surface area contributed by atoms with Crippen LogP contribution in [0.25, 0.3) is 0 Å². The summed E-state index contributed by atoms with van der Waals surface area (Å²) in [6.45, 7) is 12.4. The fourth-order valence-corrected chi connectivity index (χ4v) is 3.23. The van der Waals surface area contributed by atoms with Crippen LogP contribution < -0.4 is 5.73 Å². The van der Waals surface area contributed by atoms with Crippen LogP contribution in [0.4, 0.5) is 0 Å². The minimum absolute atomic E-state index is 0.248. The lowest BCUT2D eigenvalue weighted by atomic mass is 9.90. The Balaban J connectivity index is 4.07. The fraction of sp³-hybridized carbons (Fsp3) is 1.00. The number of unbranched alkanes of at least 4 members (excludes halogenated alkanes) is 6. The Bertz CT molecular complexity index is 191. The van der Waals surface area contributed by atoms with E-state index in [4.69, 9.17) is 5.73 Å². The van der Waals surface area contributed by atoms with Crippen LogP contribution >= 0.6 is 0 Å². The second-order valence-electron chi connectivity index (χ2n) is 6.24. The molecular weight excluding hydrogens is 244 g/mol. The molecule has 0 spiro atoms. The van der Waals surface area contributed by atoms with Gasteiger partial charge in [0, 0.05) is 12.1 Å². The smallest absolute Gasteiger partial charge is 0.0326 e. The highest BCUT2D eigenvalue weighted by Crippen LogP contribution is 2.24. The molecule has 0 aliphatic heterocycles. The zero-order valence-electron chi connectivity index (χ0n) is 14.7. The molecule has 2 N–H and O–H groups in total. The molecule has 0 heterocycles. The van der Waals surface area contributed by atoms with Crippen molar-refractivity contribution < 1.29 is 0 Å². The van der Waals surface area contributed by atoms with E-state index in [-0.39, 0.29) is 5.54 Å². The Morgan fingerprint density at radius 1 is 0.700 bits per heavy atom. The van der Waals surface area contributed by atoms with Crippen LogP contribution in [0, 0.1) is 0 Å². The van der Waals surface area contributed by atoms with Gasteiger partial charge in [-0.15, -0.1) is 0 Å². The summed E-state index contributed by atoms with van der Waals surface area (Å²) in [5, 5.41) is 0. The van der Waals surface area contributed by atoms with Gasteiger partial charge in [-0.2, -0.15) is 0 Å². The highest BCUT2D eigenvalue weighted by Gasteiger charge is 2.30. The van der Waals surface area contributed by atoms with Gasteiger partial charge in [-0.1, -0.05) is 66.2 Å². The number of rotatable bonds is 14. The molecule has 0 saturated carbocycles. The van der Waals surface area contributed by atoms with E-state index in [1.807, 2.05) is 0 Å². The monoisotopic (exact) mass is 284 g/mol. The maximum absolute atomic E-state index is 6.10. The van der Waals surface area contributed by atoms with Crippen molar-refractivity contribution in [3.8, 4) is 0 Å². The highest BCUT2D eigenvalue weighted by molar-refractivity contribution is 4.89. The average molecular weight is 285 g/mol. The molecule has 0 bridgehead atoms. The SMILES string of the molecule is CCCCCCCCCN(CCC)C(CC)(CC)CN. The van der Waals surface area contributed by atoms with Gasteiger partial charge >= 0.3 is 0 Å². The van der Waals surface area contributed by atoms with E-state index in [0.29, 0.717) is 0 Å². The van der Waals surface area contributed by atoms with Gasteiger partial charge in [-0.3, -0.25) is 4.90 Å². The Kier molecular flexibility index (Phi) is 12.6. The Morgan fingerprint density at radius 2 is 1.25 bits per heavy atom. The average Bonchev–Trinajstić information content (AvgIpc) is 2.48. The van der Waals surface area contributed by atoms with E-state index in [0.717, 1.165) is 6.54 Å². The van der Waals surface area contributed by atoms with Crippen molar-refractivity contribution in [1.82, 2.24) is 4.90 Å². The summed E-state index contributed by atoms with van der Waals surface area (Å²) in [6, 6.07) is 0. The second kappa shape index (κ2) is 12.6. The standard InChI is InChI=1S/C18H40N2/c1-5-9-10-11-12-13-14-16-20(15-6-2)18(7-3,8-4)17-19/h5-17,19H2,1-4H3. The molecule has 0 rings (SSSR count). The number of nitrogens with two attached hydrogens (primary N) is 1. The van der Waals surface area contributed by atoms with E-state index in [9.17, 15) is 0 Å². The molecular formula is C18H40N2. The van der Waals surface area contributed by atoms with Gasteiger partial charge in [-0.05, 0) is 38.8 Å². The van der Waals surface area contributed by atoms with Crippen molar-refractivity contribution in [3.63, 3.8) is 0 Å². The van der Waals surface area contributed by atoms with Crippen molar-refractivity contribution in [3.05, 3.63) is 0 Å². The lowest BCUT2D eigenvalue weighted by Crippen LogP contribution is -2.53. The Hall–Kier alpha value is -0.0800. The summed E-state index contributed by atoms with van der Waals surface area (Å²) >= 11 is 0. The van der Waals surface area contributed by atoms with E-state index >= 15 is 0 Å². The van der Waals surface area contributed by atoms with Crippen molar-refractivity contribution in [2.75, 3.05) is 19.6 Å². The van der Waals surface area contributed by atoms with E-state index in [1.165, 1.54) is 77.3 Å². The highest BCUT2D eigenvalue weighted by atomic mass is 15.2. The number of nitrogens with zero attached hydrogens (tertiary/aromatic N) is 1. The molecule has 2 heteroatoms. The third-order valence-corrected chi connectivity index (χ3v) is 4.89.